The van der Waals surface area contributed by atoms with Crippen LogP contribution in [-0.2, 0) is 0 Å². The molecule has 0 aliphatic rings. The van der Waals surface area contributed by atoms with E-state index in [1.54, 1.807) is 0 Å². The van der Waals surface area contributed by atoms with E-state index in [9.17, 15) is 5.11 Å². The van der Waals surface area contributed by atoms with Crippen LogP contribution in [0.4, 0.5) is 0 Å². The van der Waals surface area contributed by atoms with Gasteiger partial charge in [0.15, 0.2) is 0 Å². The largest absolute Gasteiger partial charge is 0.388 e. The number of aliphatic hydroxyl groups is 1. The van der Waals surface area contributed by atoms with Gasteiger partial charge in [-0.05, 0) is 59.2 Å². The quantitative estimate of drug-likeness (QED) is 0.604. The van der Waals surface area contributed by atoms with Gasteiger partial charge in [-0.2, -0.15) is 0 Å². The zero-order chi connectivity index (χ0) is 11.4. The molecule has 1 nitrogen and oxygen atoms in total. The SMILES string of the molecule is C=C(CC)CC(O)c1cc(I)ccc1Br. The predicted molar refractivity (Wildman–Crippen MR) is 75.9 cm³/mol. The molecule has 0 heterocycles. The van der Waals surface area contributed by atoms with Crippen LogP contribution < -0.4 is 0 Å². The molecule has 0 spiro atoms. The van der Waals surface area contributed by atoms with E-state index in [4.69, 9.17) is 0 Å². The maximum Gasteiger partial charge on any atom is 0.0838 e. The maximum atomic E-state index is 10.0. The van der Waals surface area contributed by atoms with Crippen molar-refractivity contribution in [3.8, 4) is 0 Å². The highest BCUT2D eigenvalue weighted by molar-refractivity contribution is 14.1. The molecule has 3 heteroatoms. The van der Waals surface area contributed by atoms with E-state index in [0.717, 1.165) is 25.6 Å². The minimum absolute atomic E-state index is 0.457. The van der Waals surface area contributed by atoms with E-state index >= 15 is 0 Å². The van der Waals surface area contributed by atoms with Gasteiger partial charge in [-0.25, -0.2) is 0 Å². The molecule has 82 valence electrons. The molecule has 0 saturated heterocycles. The van der Waals surface area contributed by atoms with Crippen LogP contribution in [0.25, 0.3) is 0 Å². The van der Waals surface area contributed by atoms with E-state index in [1.807, 2.05) is 18.2 Å². The first-order valence-electron chi connectivity index (χ1n) is 4.84. The second kappa shape index (κ2) is 6.01. The smallest absolute Gasteiger partial charge is 0.0838 e. The third-order valence-corrected chi connectivity index (χ3v) is 3.69. The second-order valence-electron chi connectivity index (χ2n) is 3.49. The predicted octanol–water partition coefficient (Wildman–Crippen LogP) is 4.44. The minimum atomic E-state index is -0.457. The van der Waals surface area contributed by atoms with Crippen LogP contribution in [0.15, 0.2) is 34.8 Å². The first kappa shape index (κ1) is 13.2. The molecule has 0 aliphatic heterocycles. The molecule has 0 aliphatic carbocycles. The van der Waals surface area contributed by atoms with Crippen molar-refractivity contribution in [2.24, 2.45) is 0 Å². The van der Waals surface area contributed by atoms with Gasteiger partial charge in [0.2, 0.25) is 0 Å². The molecule has 0 saturated carbocycles. The first-order chi connectivity index (χ1) is 7.04. The van der Waals surface area contributed by atoms with E-state index in [2.05, 4.69) is 52.0 Å². The Morgan fingerprint density at radius 3 is 2.87 bits per heavy atom. The zero-order valence-corrected chi connectivity index (χ0v) is 12.4. The molecule has 1 atom stereocenters. The summed E-state index contributed by atoms with van der Waals surface area (Å²) in [6, 6.07) is 5.97. The molecule has 1 rings (SSSR count). The Morgan fingerprint density at radius 1 is 1.60 bits per heavy atom. The van der Waals surface area contributed by atoms with Crippen LogP contribution in [0, 0.1) is 3.57 Å². The van der Waals surface area contributed by atoms with Crippen LogP contribution in [0.1, 0.15) is 31.4 Å². The molecule has 0 bridgehead atoms. The summed E-state index contributed by atoms with van der Waals surface area (Å²) in [7, 11) is 0. The van der Waals surface area contributed by atoms with Gasteiger partial charge in [0, 0.05) is 8.04 Å². The Morgan fingerprint density at radius 2 is 2.27 bits per heavy atom. The molecule has 0 radical (unpaired) electrons. The highest BCUT2D eigenvalue weighted by Crippen LogP contribution is 2.29. The molecule has 1 aromatic carbocycles. The number of halogens is 2. The topological polar surface area (TPSA) is 20.2 Å². The van der Waals surface area contributed by atoms with Crippen molar-refractivity contribution in [1.29, 1.82) is 0 Å². The fraction of sp³-hybridized carbons (Fsp3) is 0.333. The minimum Gasteiger partial charge on any atom is -0.388 e. The maximum absolute atomic E-state index is 10.0. The summed E-state index contributed by atoms with van der Waals surface area (Å²) in [6.45, 7) is 5.97. The van der Waals surface area contributed by atoms with Gasteiger partial charge in [0.1, 0.15) is 0 Å². The van der Waals surface area contributed by atoms with Crippen molar-refractivity contribution in [1.82, 2.24) is 0 Å². The van der Waals surface area contributed by atoms with Crippen LogP contribution in [0.2, 0.25) is 0 Å². The summed E-state index contributed by atoms with van der Waals surface area (Å²) < 4.78 is 2.09. The molecule has 0 aromatic heterocycles. The number of hydrogen-bond acceptors (Lipinski definition) is 1. The summed E-state index contributed by atoms with van der Waals surface area (Å²) in [4.78, 5) is 0. The Labute approximate surface area is 113 Å². The Balaban J connectivity index is 2.85. The number of rotatable bonds is 4. The van der Waals surface area contributed by atoms with Gasteiger partial charge in [-0.3, -0.25) is 0 Å². The number of aliphatic hydroxyl groups excluding tert-OH is 1. The zero-order valence-electron chi connectivity index (χ0n) is 8.63. The van der Waals surface area contributed by atoms with Gasteiger partial charge < -0.3 is 5.11 Å². The Bertz CT molecular complexity index is 363. The monoisotopic (exact) mass is 380 g/mol. The fourth-order valence-electron chi connectivity index (χ4n) is 1.30. The van der Waals surface area contributed by atoms with E-state index in [-0.39, 0.29) is 0 Å². The van der Waals surface area contributed by atoms with Gasteiger partial charge in [-0.15, -0.1) is 0 Å². The molecule has 15 heavy (non-hydrogen) atoms. The fourth-order valence-corrected chi connectivity index (χ4v) is 2.32. The lowest BCUT2D eigenvalue weighted by Crippen LogP contribution is -2.00. The van der Waals surface area contributed by atoms with Crippen LogP contribution in [0.5, 0.6) is 0 Å². The first-order valence-corrected chi connectivity index (χ1v) is 6.71. The van der Waals surface area contributed by atoms with Crippen LogP contribution in [0.3, 0.4) is 0 Å². The van der Waals surface area contributed by atoms with Crippen LogP contribution in [-0.4, -0.2) is 5.11 Å². The van der Waals surface area contributed by atoms with Gasteiger partial charge >= 0.3 is 0 Å². The highest BCUT2D eigenvalue weighted by Gasteiger charge is 2.12. The van der Waals surface area contributed by atoms with E-state index in [1.165, 1.54) is 0 Å². The van der Waals surface area contributed by atoms with Crippen molar-refractivity contribution in [2.75, 3.05) is 0 Å². The lowest BCUT2D eigenvalue weighted by molar-refractivity contribution is 0.176. The molecule has 0 amide bonds. The lowest BCUT2D eigenvalue weighted by Gasteiger charge is -2.14. The molecular weight excluding hydrogens is 367 g/mol. The summed E-state index contributed by atoms with van der Waals surface area (Å²) in [6.07, 6.45) is 1.09. The third kappa shape index (κ3) is 3.89. The molecular formula is C12H14BrIO. The molecule has 0 fully saturated rings. The molecule has 1 N–H and O–H groups in total. The van der Waals surface area contributed by atoms with Gasteiger partial charge in [0.25, 0.3) is 0 Å². The van der Waals surface area contributed by atoms with E-state index in [0.29, 0.717) is 6.42 Å². The van der Waals surface area contributed by atoms with Crippen molar-refractivity contribution < 1.29 is 5.11 Å². The van der Waals surface area contributed by atoms with Gasteiger partial charge in [-0.1, -0.05) is 35.0 Å². The van der Waals surface area contributed by atoms with Crippen molar-refractivity contribution in [2.45, 2.75) is 25.9 Å². The summed E-state index contributed by atoms with van der Waals surface area (Å²) in [5.41, 5.74) is 2.02. The highest BCUT2D eigenvalue weighted by atomic mass is 127. The Kier molecular flexibility index (Phi) is 5.29. The summed E-state index contributed by atoms with van der Waals surface area (Å²) >= 11 is 5.69. The van der Waals surface area contributed by atoms with Crippen molar-refractivity contribution in [3.63, 3.8) is 0 Å². The lowest BCUT2D eigenvalue weighted by atomic mass is 10.0. The summed E-state index contributed by atoms with van der Waals surface area (Å²) in [5, 5.41) is 10.0. The Hall–Kier alpha value is 0.130. The van der Waals surface area contributed by atoms with Crippen molar-refractivity contribution in [3.05, 3.63) is 44.0 Å². The van der Waals surface area contributed by atoms with Gasteiger partial charge in [0.05, 0.1) is 6.10 Å². The molecule has 1 unspecified atom stereocenters. The standard InChI is InChI=1S/C12H14BrIO/c1-3-8(2)6-12(15)10-7-9(14)4-5-11(10)13/h4-5,7,12,15H,2-3,6H2,1H3. The second-order valence-corrected chi connectivity index (χ2v) is 5.59. The average molecular weight is 381 g/mol. The molecule has 1 aromatic rings. The van der Waals surface area contributed by atoms with Crippen molar-refractivity contribution >= 4 is 38.5 Å². The number of hydrogen-bond donors (Lipinski definition) is 1. The van der Waals surface area contributed by atoms with Crippen LogP contribution >= 0.6 is 38.5 Å². The average Bonchev–Trinajstić information content (AvgIpc) is 2.21. The van der Waals surface area contributed by atoms with E-state index < -0.39 is 6.10 Å². The normalized spacial score (nSPS) is 12.5. The third-order valence-electron chi connectivity index (χ3n) is 2.30. The summed E-state index contributed by atoms with van der Waals surface area (Å²) in [5.74, 6) is 0. The number of benzene rings is 1.